The number of aromatic hydroxyl groups is 1. The number of ketones is 1. The monoisotopic (exact) mass is 341 g/mol. The number of hydrogen-bond acceptors (Lipinski definition) is 5. The Labute approximate surface area is 122 Å². The van der Waals surface area contributed by atoms with Gasteiger partial charge in [0.25, 0.3) is 0 Å². The lowest BCUT2D eigenvalue weighted by atomic mass is 10.1. The van der Waals surface area contributed by atoms with Gasteiger partial charge in [0.05, 0.1) is 21.6 Å². The number of Topliss-reactive ketones (excluding diaryl/α,β-unsaturated/α-hetero) is 1. The molecule has 1 aromatic carbocycles. The highest BCUT2D eigenvalue weighted by atomic mass is 79.9. The van der Waals surface area contributed by atoms with Crippen LogP contribution < -0.4 is 5.32 Å². The van der Waals surface area contributed by atoms with Gasteiger partial charge in [0.2, 0.25) is 5.95 Å². The van der Waals surface area contributed by atoms with Crippen LogP contribution in [0.2, 0.25) is 5.02 Å². The number of carbonyl (C=O) groups excluding carboxylic acids is 1. The molecular formula is C12H9BrClN3O2. The van der Waals surface area contributed by atoms with Crippen LogP contribution in [0.5, 0.6) is 5.75 Å². The summed E-state index contributed by atoms with van der Waals surface area (Å²) in [5, 5.41) is 12.6. The molecule has 0 spiro atoms. The Kier molecular flexibility index (Phi) is 4.34. The van der Waals surface area contributed by atoms with Gasteiger partial charge in [-0.2, -0.15) is 0 Å². The molecule has 98 valence electrons. The van der Waals surface area contributed by atoms with E-state index < -0.39 is 0 Å². The molecule has 0 atom stereocenters. The van der Waals surface area contributed by atoms with E-state index in [9.17, 15) is 9.90 Å². The van der Waals surface area contributed by atoms with E-state index in [4.69, 9.17) is 11.6 Å². The van der Waals surface area contributed by atoms with E-state index in [-0.39, 0.29) is 28.7 Å². The molecule has 0 aliphatic rings. The molecule has 0 bridgehead atoms. The maximum atomic E-state index is 11.9. The smallest absolute Gasteiger partial charge is 0.223 e. The lowest BCUT2D eigenvalue weighted by molar-refractivity contribution is 0.100. The number of anilines is 1. The van der Waals surface area contributed by atoms with Crippen molar-refractivity contribution in [1.29, 1.82) is 0 Å². The van der Waals surface area contributed by atoms with E-state index in [0.717, 1.165) is 4.47 Å². The summed E-state index contributed by atoms with van der Waals surface area (Å²) in [6, 6.07) is 4.62. The van der Waals surface area contributed by atoms with Crippen molar-refractivity contribution in [2.24, 2.45) is 0 Å². The number of carbonyl (C=O) groups is 1. The van der Waals surface area contributed by atoms with E-state index >= 15 is 0 Å². The predicted octanol–water partition coefficient (Wildman–Crippen LogP) is 2.89. The average Bonchev–Trinajstić information content (AvgIpc) is 2.41. The molecule has 19 heavy (non-hydrogen) atoms. The summed E-state index contributed by atoms with van der Waals surface area (Å²) in [6.45, 7) is -0.0322. The van der Waals surface area contributed by atoms with Gasteiger partial charge >= 0.3 is 0 Å². The van der Waals surface area contributed by atoms with Gasteiger partial charge in [0, 0.05) is 12.4 Å². The largest absolute Gasteiger partial charge is 0.506 e. The number of halogens is 2. The van der Waals surface area contributed by atoms with E-state index in [1.54, 1.807) is 18.5 Å². The van der Waals surface area contributed by atoms with Gasteiger partial charge in [0.15, 0.2) is 5.78 Å². The minimum absolute atomic E-state index is 0.0322. The summed E-state index contributed by atoms with van der Waals surface area (Å²) >= 11 is 8.95. The number of nitrogens with one attached hydrogen (secondary N) is 1. The van der Waals surface area contributed by atoms with Crippen LogP contribution >= 0.6 is 27.5 Å². The van der Waals surface area contributed by atoms with Crippen molar-refractivity contribution in [2.75, 3.05) is 11.9 Å². The summed E-state index contributed by atoms with van der Waals surface area (Å²) in [6.07, 6.45) is 3.13. The molecule has 0 saturated carbocycles. The standard InChI is InChI=1S/C12H9BrClN3O2/c13-7-4-15-12(16-5-7)17-6-10(18)8-2-1-3-9(14)11(8)19/h1-5,19H,6H2,(H,15,16,17). The second-order valence-corrected chi connectivity index (χ2v) is 4.96. The first-order valence-corrected chi connectivity index (χ1v) is 6.47. The lowest BCUT2D eigenvalue weighted by Gasteiger charge is -2.06. The zero-order valence-corrected chi connectivity index (χ0v) is 11.9. The number of hydrogen-bond donors (Lipinski definition) is 2. The van der Waals surface area contributed by atoms with E-state index in [1.165, 1.54) is 12.1 Å². The van der Waals surface area contributed by atoms with Gasteiger partial charge < -0.3 is 10.4 Å². The van der Waals surface area contributed by atoms with Crippen molar-refractivity contribution in [3.63, 3.8) is 0 Å². The topological polar surface area (TPSA) is 75.1 Å². The average molecular weight is 343 g/mol. The van der Waals surface area contributed by atoms with Gasteiger partial charge in [0.1, 0.15) is 5.75 Å². The molecule has 0 fully saturated rings. The minimum Gasteiger partial charge on any atom is -0.506 e. The maximum Gasteiger partial charge on any atom is 0.223 e. The van der Waals surface area contributed by atoms with Crippen LogP contribution in [0.4, 0.5) is 5.95 Å². The Bertz CT molecular complexity index is 604. The zero-order valence-electron chi connectivity index (χ0n) is 9.60. The van der Waals surface area contributed by atoms with Crippen LogP contribution in [0.1, 0.15) is 10.4 Å². The number of nitrogens with zero attached hydrogens (tertiary/aromatic N) is 2. The Hall–Kier alpha value is -1.66. The Morgan fingerprint density at radius 3 is 2.74 bits per heavy atom. The number of phenols is 1. The molecule has 7 heteroatoms. The van der Waals surface area contributed by atoms with E-state index in [2.05, 4.69) is 31.2 Å². The Morgan fingerprint density at radius 2 is 2.05 bits per heavy atom. The molecule has 2 N–H and O–H groups in total. The van der Waals surface area contributed by atoms with Gasteiger partial charge in [-0.15, -0.1) is 0 Å². The third-order valence-corrected chi connectivity index (χ3v) is 3.03. The highest BCUT2D eigenvalue weighted by molar-refractivity contribution is 9.10. The summed E-state index contributed by atoms with van der Waals surface area (Å²) in [7, 11) is 0. The van der Waals surface area contributed by atoms with Gasteiger partial charge in [-0.05, 0) is 28.1 Å². The Balaban J connectivity index is 2.05. The summed E-state index contributed by atoms with van der Waals surface area (Å²) in [5.41, 5.74) is 0.164. The first-order valence-electron chi connectivity index (χ1n) is 5.30. The molecule has 2 aromatic rings. The third-order valence-electron chi connectivity index (χ3n) is 2.31. The second-order valence-electron chi connectivity index (χ2n) is 3.64. The molecular weight excluding hydrogens is 334 g/mol. The third kappa shape index (κ3) is 3.42. The first-order chi connectivity index (χ1) is 9.08. The highest BCUT2D eigenvalue weighted by Crippen LogP contribution is 2.27. The number of para-hydroxylation sites is 1. The fourth-order valence-corrected chi connectivity index (χ4v) is 1.78. The SMILES string of the molecule is O=C(CNc1ncc(Br)cn1)c1cccc(Cl)c1O. The molecule has 0 radical (unpaired) electrons. The number of rotatable bonds is 4. The van der Waals surface area contributed by atoms with Crippen molar-refractivity contribution in [3.8, 4) is 5.75 Å². The van der Waals surface area contributed by atoms with Crippen LogP contribution in [-0.2, 0) is 0 Å². The molecule has 0 aliphatic carbocycles. The maximum absolute atomic E-state index is 11.9. The molecule has 5 nitrogen and oxygen atoms in total. The fraction of sp³-hybridized carbons (Fsp3) is 0.0833. The van der Waals surface area contributed by atoms with E-state index in [0.29, 0.717) is 5.95 Å². The van der Waals surface area contributed by atoms with Crippen LogP contribution in [0.3, 0.4) is 0 Å². The van der Waals surface area contributed by atoms with Gasteiger partial charge in [-0.25, -0.2) is 9.97 Å². The number of aromatic nitrogens is 2. The molecule has 0 aliphatic heterocycles. The molecule has 0 unspecified atom stereocenters. The molecule has 0 saturated heterocycles. The van der Waals surface area contributed by atoms with Crippen molar-refractivity contribution in [2.45, 2.75) is 0 Å². The van der Waals surface area contributed by atoms with Crippen molar-refractivity contribution in [1.82, 2.24) is 9.97 Å². The van der Waals surface area contributed by atoms with Crippen LogP contribution in [0.15, 0.2) is 35.1 Å². The molecule has 1 aromatic heterocycles. The minimum atomic E-state index is -0.300. The quantitative estimate of drug-likeness (QED) is 0.836. The van der Waals surface area contributed by atoms with Crippen LogP contribution in [0.25, 0.3) is 0 Å². The highest BCUT2D eigenvalue weighted by Gasteiger charge is 2.13. The number of phenolic OH excluding ortho intramolecular Hbond substituents is 1. The van der Waals surface area contributed by atoms with Crippen molar-refractivity contribution < 1.29 is 9.90 Å². The Morgan fingerprint density at radius 1 is 1.37 bits per heavy atom. The van der Waals surface area contributed by atoms with Crippen molar-refractivity contribution >= 4 is 39.3 Å². The van der Waals surface area contributed by atoms with E-state index in [1.807, 2.05) is 0 Å². The van der Waals surface area contributed by atoms with Crippen LogP contribution in [0, 0.1) is 0 Å². The zero-order chi connectivity index (χ0) is 13.8. The molecule has 2 rings (SSSR count). The summed E-state index contributed by atoms with van der Waals surface area (Å²) in [5.74, 6) is -0.183. The second kappa shape index (κ2) is 5.99. The fourth-order valence-electron chi connectivity index (χ4n) is 1.40. The van der Waals surface area contributed by atoms with Crippen LogP contribution in [-0.4, -0.2) is 27.4 Å². The molecule has 1 heterocycles. The summed E-state index contributed by atoms with van der Waals surface area (Å²) in [4.78, 5) is 19.9. The predicted molar refractivity (Wildman–Crippen MR) is 75.7 cm³/mol. The lowest BCUT2D eigenvalue weighted by Crippen LogP contribution is -2.15. The van der Waals surface area contributed by atoms with Crippen molar-refractivity contribution in [3.05, 3.63) is 45.7 Å². The number of benzene rings is 1. The summed E-state index contributed by atoms with van der Waals surface area (Å²) < 4.78 is 0.747. The van der Waals surface area contributed by atoms with Gasteiger partial charge in [-0.3, -0.25) is 4.79 Å². The van der Waals surface area contributed by atoms with Gasteiger partial charge in [-0.1, -0.05) is 17.7 Å². The normalized spacial score (nSPS) is 10.2. The first kappa shape index (κ1) is 13.8. The molecule has 0 amide bonds.